The highest BCUT2D eigenvalue weighted by Crippen LogP contribution is 2.38. The van der Waals surface area contributed by atoms with Crippen LogP contribution in [0.25, 0.3) is 0 Å². The number of nitrogens with zero attached hydrogens (tertiary/aromatic N) is 3. The number of pyridine rings is 1. The number of hydrogen-bond acceptors (Lipinski definition) is 7. The minimum absolute atomic E-state index is 0.0136. The lowest BCUT2D eigenvalue weighted by atomic mass is 9.80. The van der Waals surface area contributed by atoms with Gasteiger partial charge in [0.1, 0.15) is 12.1 Å². The highest BCUT2D eigenvalue weighted by molar-refractivity contribution is 6.30. The third kappa shape index (κ3) is 6.20. The number of amides is 1. The number of carbonyl (C=O) groups is 2. The van der Waals surface area contributed by atoms with E-state index in [1.54, 1.807) is 0 Å². The molecule has 194 valence electrons. The van der Waals surface area contributed by atoms with E-state index in [9.17, 15) is 27.2 Å². The standard InChI is InChI=1S/C24H20ClF4N5O3/c25-15-1-2-19(17(5-15)24(27,28)29)34-16-6-18(26)20(32-10-16)11-33-22(36)23(3-4-37-12-23)7-21(35)14-8-30-13-31-9-14/h1-2,5-6,8-10,13,34H,3-4,7,11-12H2,(H,33,36)/t23-/m0/s1. The smallest absolute Gasteiger partial charge is 0.380 e. The zero-order valence-electron chi connectivity index (χ0n) is 19.1. The van der Waals surface area contributed by atoms with Gasteiger partial charge in [-0.15, -0.1) is 0 Å². The summed E-state index contributed by atoms with van der Waals surface area (Å²) in [7, 11) is 0. The molecule has 2 N–H and O–H groups in total. The lowest BCUT2D eigenvalue weighted by molar-refractivity contribution is -0.137. The number of nitrogens with one attached hydrogen (secondary N) is 2. The quantitative estimate of drug-likeness (QED) is 0.316. The fourth-order valence-electron chi connectivity index (χ4n) is 3.89. The zero-order valence-corrected chi connectivity index (χ0v) is 19.9. The van der Waals surface area contributed by atoms with Gasteiger partial charge in [0.05, 0.1) is 53.0 Å². The van der Waals surface area contributed by atoms with Crippen LogP contribution in [0.5, 0.6) is 0 Å². The van der Waals surface area contributed by atoms with Crippen LogP contribution >= 0.6 is 11.6 Å². The van der Waals surface area contributed by atoms with Crippen molar-refractivity contribution in [2.24, 2.45) is 5.41 Å². The fourth-order valence-corrected chi connectivity index (χ4v) is 4.06. The van der Waals surface area contributed by atoms with E-state index in [-0.39, 0.29) is 59.6 Å². The van der Waals surface area contributed by atoms with Crippen LogP contribution in [0.4, 0.5) is 28.9 Å². The Morgan fingerprint density at radius 2 is 1.89 bits per heavy atom. The van der Waals surface area contributed by atoms with Gasteiger partial charge in [0.2, 0.25) is 5.91 Å². The molecule has 1 aliphatic rings. The summed E-state index contributed by atoms with van der Waals surface area (Å²) in [5.74, 6) is -1.68. The van der Waals surface area contributed by atoms with Crippen molar-refractivity contribution in [2.45, 2.75) is 25.6 Å². The first-order chi connectivity index (χ1) is 17.6. The molecule has 37 heavy (non-hydrogen) atoms. The van der Waals surface area contributed by atoms with Gasteiger partial charge in [0, 0.05) is 36.5 Å². The number of halogens is 5. The third-order valence-corrected chi connectivity index (χ3v) is 6.10. The van der Waals surface area contributed by atoms with Gasteiger partial charge in [-0.3, -0.25) is 14.6 Å². The summed E-state index contributed by atoms with van der Waals surface area (Å²) in [6.45, 7) is -0.00662. The van der Waals surface area contributed by atoms with Crippen LogP contribution in [-0.4, -0.2) is 39.9 Å². The predicted molar refractivity (Wildman–Crippen MR) is 125 cm³/mol. The average molecular weight is 538 g/mol. The summed E-state index contributed by atoms with van der Waals surface area (Å²) in [6.07, 6.45) is 0.601. The van der Waals surface area contributed by atoms with Crippen LogP contribution in [0.1, 0.15) is 34.5 Å². The van der Waals surface area contributed by atoms with Gasteiger partial charge < -0.3 is 15.4 Å². The van der Waals surface area contributed by atoms with E-state index >= 15 is 0 Å². The maximum atomic E-state index is 14.7. The fraction of sp³-hybridized carbons (Fsp3) is 0.292. The minimum atomic E-state index is -4.68. The second kappa shape index (κ2) is 10.8. The molecular weight excluding hydrogens is 518 g/mol. The molecule has 4 rings (SSSR count). The summed E-state index contributed by atoms with van der Waals surface area (Å²) < 4.78 is 60.1. The number of ether oxygens (including phenoxy) is 1. The van der Waals surface area contributed by atoms with Crippen molar-refractivity contribution in [3.63, 3.8) is 0 Å². The highest BCUT2D eigenvalue weighted by atomic mass is 35.5. The summed E-state index contributed by atoms with van der Waals surface area (Å²) >= 11 is 5.68. The maximum absolute atomic E-state index is 14.7. The number of rotatable bonds is 8. The lowest BCUT2D eigenvalue weighted by Crippen LogP contribution is -2.43. The van der Waals surface area contributed by atoms with Crippen molar-refractivity contribution in [2.75, 3.05) is 18.5 Å². The predicted octanol–water partition coefficient (Wildman–Crippen LogP) is 4.72. The Balaban J connectivity index is 1.44. The van der Waals surface area contributed by atoms with Crippen LogP contribution in [0.15, 0.2) is 49.2 Å². The summed E-state index contributed by atoms with van der Waals surface area (Å²) in [6, 6.07) is 4.13. The second-order valence-electron chi connectivity index (χ2n) is 8.46. The van der Waals surface area contributed by atoms with Crippen molar-refractivity contribution in [1.29, 1.82) is 0 Å². The van der Waals surface area contributed by atoms with E-state index < -0.39 is 28.9 Å². The zero-order chi connectivity index (χ0) is 26.6. The maximum Gasteiger partial charge on any atom is 0.418 e. The van der Waals surface area contributed by atoms with Crippen LogP contribution in [0.2, 0.25) is 5.02 Å². The van der Waals surface area contributed by atoms with Crippen LogP contribution < -0.4 is 10.6 Å². The molecule has 0 radical (unpaired) electrons. The van der Waals surface area contributed by atoms with E-state index in [1.165, 1.54) is 24.8 Å². The number of alkyl halides is 3. The van der Waals surface area contributed by atoms with Crippen LogP contribution in [0.3, 0.4) is 0 Å². The number of carbonyl (C=O) groups excluding carboxylic acids is 2. The lowest BCUT2D eigenvalue weighted by Gasteiger charge is -2.25. The Hall–Kier alpha value is -3.64. The Morgan fingerprint density at radius 1 is 1.14 bits per heavy atom. The molecule has 8 nitrogen and oxygen atoms in total. The van der Waals surface area contributed by atoms with E-state index in [4.69, 9.17) is 16.3 Å². The molecule has 2 aromatic heterocycles. The largest absolute Gasteiger partial charge is 0.418 e. The molecule has 1 atom stereocenters. The minimum Gasteiger partial charge on any atom is -0.380 e. The topological polar surface area (TPSA) is 106 Å². The average Bonchev–Trinajstić information content (AvgIpc) is 3.34. The van der Waals surface area contributed by atoms with Crippen molar-refractivity contribution in [1.82, 2.24) is 20.3 Å². The molecule has 13 heteroatoms. The molecule has 1 aromatic carbocycles. The molecule has 0 saturated carbocycles. The molecule has 0 unspecified atom stereocenters. The molecule has 3 aromatic rings. The summed E-state index contributed by atoms with van der Waals surface area (Å²) in [5.41, 5.74) is -2.40. The number of hydrogen-bond donors (Lipinski definition) is 2. The number of benzene rings is 1. The molecule has 0 spiro atoms. The van der Waals surface area contributed by atoms with E-state index in [1.807, 2.05) is 0 Å². The summed E-state index contributed by atoms with van der Waals surface area (Å²) in [5, 5.41) is 4.99. The number of Topliss-reactive ketones (excluding diaryl/α,β-unsaturated/α-hetero) is 1. The second-order valence-corrected chi connectivity index (χ2v) is 8.89. The normalized spacial score (nSPS) is 17.4. The highest BCUT2D eigenvalue weighted by Gasteiger charge is 2.44. The number of anilines is 2. The molecule has 1 amide bonds. The Kier molecular flexibility index (Phi) is 7.69. The monoisotopic (exact) mass is 537 g/mol. The SMILES string of the molecule is O=C(C[C@@]1(C(=O)NCc2ncc(Nc3ccc(Cl)cc3C(F)(F)F)cc2F)CCOC1)c1cncnc1. The molecule has 3 heterocycles. The molecule has 1 fully saturated rings. The molecule has 1 saturated heterocycles. The Morgan fingerprint density at radius 3 is 2.54 bits per heavy atom. The van der Waals surface area contributed by atoms with Crippen molar-refractivity contribution in [3.8, 4) is 0 Å². The molecule has 0 bridgehead atoms. The van der Waals surface area contributed by atoms with E-state index in [0.717, 1.165) is 24.4 Å². The van der Waals surface area contributed by atoms with Gasteiger partial charge in [-0.05, 0) is 24.6 Å². The first-order valence-electron chi connectivity index (χ1n) is 11.0. The van der Waals surface area contributed by atoms with E-state index in [2.05, 4.69) is 25.6 Å². The van der Waals surface area contributed by atoms with E-state index in [0.29, 0.717) is 6.42 Å². The molecule has 1 aliphatic heterocycles. The van der Waals surface area contributed by atoms with Gasteiger partial charge in [-0.25, -0.2) is 14.4 Å². The Labute approximate surface area is 213 Å². The Bertz CT molecular complexity index is 1300. The van der Waals surface area contributed by atoms with Gasteiger partial charge in [-0.1, -0.05) is 11.6 Å². The number of aromatic nitrogens is 3. The van der Waals surface area contributed by atoms with Crippen molar-refractivity contribution >= 4 is 34.7 Å². The number of ketones is 1. The first kappa shape index (κ1) is 26.4. The first-order valence-corrected chi connectivity index (χ1v) is 11.4. The molecular formula is C24H20ClF4N5O3. The van der Waals surface area contributed by atoms with Crippen molar-refractivity contribution in [3.05, 3.63) is 76.8 Å². The van der Waals surface area contributed by atoms with Crippen LogP contribution in [-0.2, 0) is 22.3 Å². The molecule has 0 aliphatic carbocycles. The van der Waals surface area contributed by atoms with Gasteiger partial charge in [0.25, 0.3) is 0 Å². The van der Waals surface area contributed by atoms with Gasteiger partial charge >= 0.3 is 6.18 Å². The third-order valence-electron chi connectivity index (χ3n) is 5.87. The van der Waals surface area contributed by atoms with Gasteiger partial charge in [-0.2, -0.15) is 13.2 Å². The summed E-state index contributed by atoms with van der Waals surface area (Å²) in [4.78, 5) is 37.2. The van der Waals surface area contributed by atoms with Crippen LogP contribution in [0, 0.1) is 11.2 Å². The van der Waals surface area contributed by atoms with Crippen molar-refractivity contribution < 1.29 is 31.9 Å². The van der Waals surface area contributed by atoms with Gasteiger partial charge in [0.15, 0.2) is 5.78 Å².